The van der Waals surface area contributed by atoms with Crippen LogP contribution in [0.3, 0.4) is 0 Å². The second kappa shape index (κ2) is 20.4. The molecule has 3 aliphatic heterocycles. The number of Topliss-reactive ketones (excluding diaryl/α,β-unsaturated/α-hetero) is 1. The molecule has 1 aromatic heterocycles. The summed E-state index contributed by atoms with van der Waals surface area (Å²) in [6.45, 7) is 3.10. The van der Waals surface area contributed by atoms with E-state index in [4.69, 9.17) is 18.9 Å². The lowest BCUT2D eigenvalue weighted by molar-refractivity contribution is -0.139. The molecule has 0 saturated carbocycles. The van der Waals surface area contributed by atoms with E-state index in [0.29, 0.717) is 75.9 Å². The maximum absolute atomic E-state index is 14.4. The second-order valence-corrected chi connectivity index (χ2v) is 17.1. The number of aromatic nitrogens is 1. The van der Waals surface area contributed by atoms with Gasteiger partial charge in [-0.2, -0.15) is 11.8 Å². The van der Waals surface area contributed by atoms with Crippen molar-refractivity contribution in [1.82, 2.24) is 14.8 Å². The van der Waals surface area contributed by atoms with Crippen molar-refractivity contribution in [3.8, 4) is 28.7 Å². The number of hydrogen-bond acceptors (Lipinski definition) is 12. The third-order valence-corrected chi connectivity index (χ3v) is 12.6. The lowest BCUT2D eigenvalue weighted by Gasteiger charge is -2.43. The van der Waals surface area contributed by atoms with Gasteiger partial charge in [0.2, 0.25) is 17.6 Å². The first-order valence-corrected chi connectivity index (χ1v) is 22.3. The van der Waals surface area contributed by atoms with Crippen LogP contribution >= 0.6 is 11.8 Å². The van der Waals surface area contributed by atoms with Crippen molar-refractivity contribution in [2.75, 3.05) is 46.4 Å². The average Bonchev–Trinajstić information content (AvgIpc) is 3.23. The van der Waals surface area contributed by atoms with Crippen LogP contribution in [-0.4, -0.2) is 102 Å². The molecule has 0 spiro atoms. The Morgan fingerprint density at radius 1 is 0.984 bits per heavy atom. The Bertz CT molecular complexity index is 2180. The summed E-state index contributed by atoms with van der Waals surface area (Å²) in [6.07, 6.45) is 8.46. The number of cyclic esters (lactones) is 1. The number of ether oxygens (including phenoxy) is 4. The summed E-state index contributed by atoms with van der Waals surface area (Å²) in [7, 11) is 4.34. The van der Waals surface area contributed by atoms with E-state index in [2.05, 4.69) is 5.32 Å². The molecule has 3 N–H and O–H groups in total. The van der Waals surface area contributed by atoms with Crippen LogP contribution in [-0.2, 0) is 25.7 Å². The molecule has 3 aromatic rings. The molecule has 15 heteroatoms. The maximum atomic E-state index is 14.4. The van der Waals surface area contributed by atoms with Gasteiger partial charge in [-0.05, 0) is 98.8 Å². The van der Waals surface area contributed by atoms with Gasteiger partial charge in [-0.3, -0.25) is 19.2 Å². The molecular formula is C46H57N3O11S. The fraction of sp³-hybridized carbons (Fsp3) is 0.500. The number of carbonyl (C=O) groups is 4. The van der Waals surface area contributed by atoms with Crippen LogP contribution in [0.4, 0.5) is 0 Å². The third-order valence-electron chi connectivity index (χ3n) is 11.9. The van der Waals surface area contributed by atoms with Crippen LogP contribution in [0.5, 0.6) is 28.7 Å². The number of aromatic hydroxyl groups is 2. The predicted molar refractivity (Wildman–Crippen MR) is 232 cm³/mol. The number of carbonyl (C=O) groups excluding carboxylic acids is 4. The number of allylic oxidation sites excluding steroid dienone is 1. The highest BCUT2D eigenvalue weighted by Crippen LogP contribution is 2.48. The first kappa shape index (κ1) is 45.1. The SMILES string of the molecule is COc1cc(C(CC(=O)NC(CCSC)C(=O)N2C[C@H]3C[C@@H](C2)c2cccc(=O)n2C3)c2c(O)cc3c(c2O)C(=O)O[C@@H](C)CCCC(=O)CCCC=C3)cc(OC)c1OC. The van der Waals surface area contributed by atoms with E-state index >= 15 is 0 Å². The Kier molecular flexibility index (Phi) is 15.1. The highest BCUT2D eigenvalue weighted by Gasteiger charge is 2.39. The smallest absolute Gasteiger partial charge is 0.342 e. The van der Waals surface area contributed by atoms with E-state index in [0.717, 1.165) is 12.1 Å². The number of phenolic OH excluding ortho intramolecular Hbond substituents is 2. The minimum atomic E-state index is -1.12. The van der Waals surface area contributed by atoms with E-state index in [-0.39, 0.29) is 75.2 Å². The number of esters is 1. The Hall–Kier alpha value is -5.44. The molecule has 2 bridgehead atoms. The number of pyridine rings is 1. The van der Waals surface area contributed by atoms with Crippen LogP contribution in [0.15, 0.2) is 47.3 Å². The number of piperidine rings is 1. The fourth-order valence-corrected chi connectivity index (χ4v) is 9.41. The third kappa shape index (κ3) is 10.4. The molecular weight excluding hydrogens is 803 g/mol. The van der Waals surface area contributed by atoms with Gasteiger partial charge >= 0.3 is 5.97 Å². The topological polar surface area (TPSA) is 183 Å². The van der Waals surface area contributed by atoms with Gasteiger partial charge in [0.1, 0.15) is 28.9 Å². The molecule has 61 heavy (non-hydrogen) atoms. The summed E-state index contributed by atoms with van der Waals surface area (Å²) in [5.74, 6) is -2.09. The number of phenols is 2. The second-order valence-electron chi connectivity index (χ2n) is 16.1. The number of nitrogens with zero attached hydrogens (tertiary/aromatic N) is 2. The molecule has 2 unspecified atom stereocenters. The minimum absolute atomic E-state index is 0.0136. The molecule has 1 saturated heterocycles. The summed E-state index contributed by atoms with van der Waals surface area (Å²) in [4.78, 5) is 69.6. The molecule has 2 aromatic carbocycles. The van der Waals surface area contributed by atoms with Crippen molar-refractivity contribution in [2.45, 2.75) is 95.2 Å². The Balaban J connectivity index is 1.38. The van der Waals surface area contributed by atoms with E-state index in [1.54, 1.807) is 64.6 Å². The van der Waals surface area contributed by atoms with E-state index < -0.39 is 35.7 Å². The number of amides is 2. The zero-order valence-corrected chi connectivity index (χ0v) is 36.4. The first-order valence-electron chi connectivity index (χ1n) is 20.9. The standard InChI is InChI=1S/C46H57N3O11S/c1-27-11-9-14-32(50)13-8-6-7-12-29-20-36(51)42(43(54)41(29)46(56)60-27)33(30-21-37(57-2)44(59-4)38(22-30)58-3)23-39(52)47-34(17-18-61-5)45(55)48-24-28-19-31(26-48)35-15-10-16-40(53)49(35)25-28/h7,10,12,15-16,20-22,27-28,31,33-34,51,54H,6,8-9,11,13-14,17-19,23-26H2,1-5H3,(H,47,52)/t27-,28+,31-,33?,34?/m0/s1. The molecule has 5 atom stereocenters. The van der Waals surface area contributed by atoms with Crippen LogP contribution in [0.25, 0.3) is 6.08 Å². The summed E-state index contributed by atoms with van der Waals surface area (Å²) in [5.41, 5.74) is 1.14. The highest BCUT2D eigenvalue weighted by molar-refractivity contribution is 7.98. The predicted octanol–water partition coefficient (Wildman–Crippen LogP) is 6.17. The Labute approximate surface area is 360 Å². The number of nitrogens with one attached hydrogen (secondary N) is 1. The van der Waals surface area contributed by atoms with Crippen LogP contribution in [0.2, 0.25) is 0 Å². The van der Waals surface area contributed by atoms with Gasteiger partial charge in [0, 0.05) is 68.1 Å². The number of rotatable bonds is 12. The van der Waals surface area contributed by atoms with Crippen molar-refractivity contribution < 1.29 is 48.3 Å². The maximum Gasteiger partial charge on any atom is 0.342 e. The molecule has 1 fully saturated rings. The van der Waals surface area contributed by atoms with E-state index in [1.165, 1.54) is 27.4 Å². The Morgan fingerprint density at radius 3 is 2.43 bits per heavy atom. The molecule has 14 nitrogen and oxygen atoms in total. The number of ketones is 1. The summed E-state index contributed by atoms with van der Waals surface area (Å²) in [6, 6.07) is 8.93. The summed E-state index contributed by atoms with van der Waals surface area (Å²) >= 11 is 1.55. The number of thioether (sulfide) groups is 1. The summed E-state index contributed by atoms with van der Waals surface area (Å²) < 4.78 is 24.5. The van der Waals surface area contributed by atoms with Crippen molar-refractivity contribution in [3.63, 3.8) is 0 Å². The van der Waals surface area contributed by atoms with Crippen molar-refractivity contribution in [1.29, 1.82) is 0 Å². The molecule has 3 aliphatic rings. The first-order chi connectivity index (χ1) is 29.4. The van der Waals surface area contributed by atoms with Gasteiger partial charge < -0.3 is 43.9 Å². The largest absolute Gasteiger partial charge is 0.507 e. The molecule has 0 radical (unpaired) electrons. The average molecular weight is 860 g/mol. The fourth-order valence-electron chi connectivity index (χ4n) is 8.94. The van der Waals surface area contributed by atoms with Gasteiger partial charge in [0.25, 0.3) is 5.56 Å². The van der Waals surface area contributed by atoms with Gasteiger partial charge in [0.15, 0.2) is 11.5 Å². The van der Waals surface area contributed by atoms with E-state index in [9.17, 15) is 34.2 Å². The quantitative estimate of drug-likeness (QED) is 0.176. The molecule has 0 aliphatic carbocycles. The zero-order valence-electron chi connectivity index (χ0n) is 35.6. The highest BCUT2D eigenvalue weighted by atomic mass is 32.2. The van der Waals surface area contributed by atoms with Crippen molar-refractivity contribution >= 4 is 41.4 Å². The lowest BCUT2D eigenvalue weighted by atomic mass is 9.83. The van der Waals surface area contributed by atoms with Crippen LogP contribution in [0.1, 0.15) is 109 Å². The van der Waals surface area contributed by atoms with Crippen LogP contribution < -0.4 is 25.1 Å². The lowest BCUT2D eigenvalue weighted by Crippen LogP contribution is -2.55. The minimum Gasteiger partial charge on any atom is -0.507 e. The van der Waals surface area contributed by atoms with Gasteiger partial charge in [0.05, 0.1) is 27.4 Å². The number of fused-ring (bicyclic) bond motifs is 5. The molecule has 6 rings (SSSR count). The van der Waals surface area contributed by atoms with Crippen molar-refractivity contribution in [3.05, 3.63) is 80.8 Å². The van der Waals surface area contributed by atoms with Crippen molar-refractivity contribution in [2.24, 2.45) is 5.92 Å². The van der Waals surface area contributed by atoms with Gasteiger partial charge in [-0.25, -0.2) is 4.79 Å². The summed E-state index contributed by atoms with van der Waals surface area (Å²) in [5, 5.41) is 27.0. The zero-order chi connectivity index (χ0) is 43.8. The monoisotopic (exact) mass is 859 g/mol. The molecule has 4 heterocycles. The van der Waals surface area contributed by atoms with Gasteiger partial charge in [-0.1, -0.05) is 18.2 Å². The number of benzene rings is 2. The van der Waals surface area contributed by atoms with Crippen LogP contribution in [0, 0.1) is 5.92 Å². The molecule has 2 amide bonds. The van der Waals surface area contributed by atoms with E-state index in [1.807, 2.05) is 12.3 Å². The number of hydrogen-bond donors (Lipinski definition) is 3. The normalized spacial score (nSPS) is 20.3. The number of methoxy groups -OCH3 is 3. The Morgan fingerprint density at radius 2 is 1.72 bits per heavy atom. The number of likely N-dealkylation sites (tertiary alicyclic amines) is 1. The molecule has 328 valence electrons. The van der Waals surface area contributed by atoms with Gasteiger partial charge in [-0.15, -0.1) is 0 Å².